The lowest BCUT2D eigenvalue weighted by molar-refractivity contribution is 0.0962. The summed E-state index contributed by atoms with van der Waals surface area (Å²) in [6.07, 6.45) is 1.30. The van der Waals surface area contributed by atoms with Gasteiger partial charge < -0.3 is 10.5 Å². The fourth-order valence-corrected chi connectivity index (χ4v) is 2.06. The standard InChI is InChI=1S/C18H17N5O2/c1-12-7-9-14(10-8-12)25-18-15(19)16(20-11-21-18)22-23-17(24)13-5-3-2-4-6-13/h2-11H,19H2,1H3,(H,23,24)(H,20,21,22). The quantitative estimate of drug-likeness (QED) is 0.620. The van der Waals surface area contributed by atoms with E-state index in [4.69, 9.17) is 10.5 Å². The van der Waals surface area contributed by atoms with Crippen LogP contribution in [-0.2, 0) is 0 Å². The van der Waals surface area contributed by atoms with Crippen molar-refractivity contribution in [1.29, 1.82) is 0 Å². The number of hydrogen-bond donors (Lipinski definition) is 3. The molecule has 0 saturated heterocycles. The zero-order valence-corrected chi connectivity index (χ0v) is 13.6. The second-order valence-electron chi connectivity index (χ2n) is 5.30. The third-order valence-corrected chi connectivity index (χ3v) is 3.41. The third-order valence-electron chi connectivity index (χ3n) is 3.41. The van der Waals surface area contributed by atoms with E-state index in [1.54, 1.807) is 24.3 Å². The lowest BCUT2D eigenvalue weighted by atomic mass is 10.2. The van der Waals surface area contributed by atoms with Gasteiger partial charge >= 0.3 is 0 Å². The first kappa shape index (κ1) is 16.3. The van der Waals surface area contributed by atoms with Crippen LogP contribution >= 0.6 is 0 Å². The zero-order valence-electron chi connectivity index (χ0n) is 13.6. The molecule has 25 heavy (non-hydrogen) atoms. The molecule has 0 fully saturated rings. The number of nitrogens with zero attached hydrogens (tertiary/aromatic N) is 2. The largest absolute Gasteiger partial charge is 0.437 e. The summed E-state index contributed by atoms with van der Waals surface area (Å²) in [4.78, 5) is 20.1. The van der Waals surface area contributed by atoms with Crippen molar-refractivity contribution in [3.63, 3.8) is 0 Å². The number of rotatable bonds is 5. The molecular weight excluding hydrogens is 318 g/mol. The van der Waals surface area contributed by atoms with E-state index in [2.05, 4.69) is 20.8 Å². The highest BCUT2D eigenvalue weighted by Gasteiger charge is 2.11. The van der Waals surface area contributed by atoms with Gasteiger partial charge in [-0.3, -0.25) is 15.6 Å². The van der Waals surface area contributed by atoms with E-state index in [9.17, 15) is 4.79 Å². The Kier molecular flexibility index (Phi) is 4.75. The van der Waals surface area contributed by atoms with Gasteiger partial charge in [-0.2, -0.15) is 4.98 Å². The van der Waals surface area contributed by atoms with Gasteiger partial charge in [0.1, 0.15) is 17.8 Å². The molecule has 0 saturated carbocycles. The van der Waals surface area contributed by atoms with Crippen molar-refractivity contribution in [2.24, 2.45) is 0 Å². The second kappa shape index (κ2) is 7.31. The van der Waals surface area contributed by atoms with E-state index in [1.807, 2.05) is 37.3 Å². The predicted octanol–water partition coefficient (Wildman–Crippen LogP) is 2.92. The van der Waals surface area contributed by atoms with Crippen molar-refractivity contribution in [1.82, 2.24) is 15.4 Å². The molecule has 2 aromatic carbocycles. The minimum Gasteiger partial charge on any atom is -0.437 e. The SMILES string of the molecule is Cc1ccc(Oc2ncnc(NNC(=O)c3ccccc3)c2N)cc1. The number of ether oxygens (including phenoxy) is 1. The molecule has 1 heterocycles. The first-order valence-electron chi connectivity index (χ1n) is 7.60. The number of benzene rings is 2. The minimum absolute atomic E-state index is 0.191. The topological polar surface area (TPSA) is 102 Å². The number of hydrazine groups is 1. The monoisotopic (exact) mass is 335 g/mol. The van der Waals surface area contributed by atoms with Crippen molar-refractivity contribution >= 4 is 17.4 Å². The number of aryl methyl sites for hydroxylation is 1. The first-order valence-corrected chi connectivity index (χ1v) is 7.60. The van der Waals surface area contributed by atoms with E-state index in [-0.39, 0.29) is 23.3 Å². The Morgan fingerprint density at radius 1 is 1.04 bits per heavy atom. The van der Waals surface area contributed by atoms with Crippen molar-refractivity contribution in [2.45, 2.75) is 6.92 Å². The number of amides is 1. The van der Waals surface area contributed by atoms with E-state index >= 15 is 0 Å². The zero-order chi connectivity index (χ0) is 17.6. The summed E-state index contributed by atoms with van der Waals surface area (Å²) < 4.78 is 5.67. The molecular formula is C18H17N5O2. The molecule has 7 heteroatoms. The summed E-state index contributed by atoms with van der Waals surface area (Å²) in [5.41, 5.74) is 13.1. The molecule has 1 aromatic heterocycles. The molecule has 1 amide bonds. The van der Waals surface area contributed by atoms with Crippen molar-refractivity contribution in [2.75, 3.05) is 11.2 Å². The molecule has 0 aliphatic heterocycles. The molecule has 7 nitrogen and oxygen atoms in total. The molecule has 0 bridgehead atoms. The highest BCUT2D eigenvalue weighted by molar-refractivity contribution is 5.95. The Balaban J connectivity index is 1.70. The summed E-state index contributed by atoms with van der Waals surface area (Å²) in [5, 5.41) is 0. The summed E-state index contributed by atoms with van der Waals surface area (Å²) in [5.74, 6) is 0.756. The number of carbonyl (C=O) groups is 1. The minimum atomic E-state index is -0.306. The fraction of sp³-hybridized carbons (Fsp3) is 0.0556. The van der Waals surface area contributed by atoms with Gasteiger partial charge in [0.15, 0.2) is 5.82 Å². The first-order chi connectivity index (χ1) is 12.1. The van der Waals surface area contributed by atoms with Crippen LogP contribution in [0.15, 0.2) is 60.9 Å². The van der Waals surface area contributed by atoms with Gasteiger partial charge in [-0.15, -0.1) is 0 Å². The average Bonchev–Trinajstić information content (AvgIpc) is 2.64. The lowest BCUT2D eigenvalue weighted by Crippen LogP contribution is -2.30. The van der Waals surface area contributed by atoms with E-state index < -0.39 is 0 Å². The Bertz CT molecular complexity index is 866. The number of nitrogens with one attached hydrogen (secondary N) is 2. The number of hydrogen-bond acceptors (Lipinski definition) is 6. The lowest BCUT2D eigenvalue weighted by Gasteiger charge is -2.12. The molecule has 0 aliphatic carbocycles. The Labute approximate surface area is 144 Å². The molecule has 3 aromatic rings. The molecule has 0 atom stereocenters. The second-order valence-corrected chi connectivity index (χ2v) is 5.30. The van der Waals surface area contributed by atoms with Gasteiger partial charge in [0.25, 0.3) is 5.91 Å². The molecule has 3 rings (SSSR count). The Hall–Kier alpha value is -3.61. The van der Waals surface area contributed by atoms with Crippen LogP contribution in [0, 0.1) is 6.92 Å². The number of nitrogen functional groups attached to an aromatic ring is 1. The van der Waals surface area contributed by atoms with E-state index in [0.717, 1.165) is 5.56 Å². The Morgan fingerprint density at radius 2 is 1.76 bits per heavy atom. The highest BCUT2D eigenvalue weighted by atomic mass is 16.5. The van der Waals surface area contributed by atoms with Crippen LogP contribution in [0.1, 0.15) is 15.9 Å². The van der Waals surface area contributed by atoms with Gasteiger partial charge in [0, 0.05) is 5.56 Å². The fourth-order valence-electron chi connectivity index (χ4n) is 2.06. The summed E-state index contributed by atoms with van der Waals surface area (Å²) in [6.45, 7) is 1.99. The number of carbonyl (C=O) groups excluding carboxylic acids is 1. The average molecular weight is 335 g/mol. The third kappa shape index (κ3) is 4.03. The highest BCUT2D eigenvalue weighted by Crippen LogP contribution is 2.28. The van der Waals surface area contributed by atoms with Crippen LogP contribution in [0.25, 0.3) is 0 Å². The van der Waals surface area contributed by atoms with Crippen molar-refractivity contribution in [3.8, 4) is 11.6 Å². The maximum Gasteiger partial charge on any atom is 0.269 e. The van der Waals surface area contributed by atoms with Gasteiger partial charge in [-0.05, 0) is 31.2 Å². The van der Waals surface area contributed by atoms with Gasteiger partial charge in [0.2, 0.25) is 5.88 Å². The molecule has 126 valence electrons. The normalized spacial score (nSPS) is 10.1. The molecule has 4 N–H and O–H groups in total. The van der Waals surface area contributed by atoms with Crippen LogP contribution in [0.3, 0.4) is 0 Å². The number of nitrogens with two attached hydrogens (primary N) is 1. The van der Waals surface area contributed by atoms with Gasteiger partial charge in [-0.25, -0.2) is 4.98 Å². The smallest absolute Gasteiger partial charge is 0.269 e. The van der Waals surface area contributed by atoms with Crippen LogP contribution in [-0.4, -0.2) is 15.9 Å². The molecule has 0 aliphatic rings. The Morgan fingerprint density at radius 3 is 2.48 bits per heavy atom. The summed E-state index contributed by atoms with van der Waals surface area (Å²) in [7, 11) is 0. The number of aromatic nitrogens is 2. The van der Waals surface area contributed by atoms with Gasteiger partial charge in [0.05, 0.1) is 0 Å². The van der Waals surface area contributed by atoms with E-state index in [1.165, 1.54) is 6.33 Å². The maximum absolute atomic E-state index is 12.0. The molecule has 0 radical (unpaired) electrons. The number of anilines is 2. The molecule has 0 spiro atoms. The van der Waals surface area contributed by atoms with Crippen LogP contribution in [0.2, 0.25) is 0 Å². The summed E-state index contributed by atoms with van der Waals surface area (Å²) in [6, 6.07) is 16.3. The van der Waals surface area contributed by atoms with E-state index in [0.29, 0.717) is 11.3 Å². The van der Waals surface area contributed by atoms with Gasteiger partial charge in [-0.1, -0.05) is 35.9 Å². The van der Waals surface area contributed by atoms with Crippen LogP contribution in [0.4, 0.5) is 11.5 Å². The van der Waals surface area contributed by atoms with Crippen molar-refractivity contribution < 1.29 is 9.53 Å². The maximum atomic E-state index is 12.0. The predicted molar refractivity (Wildman–Crippen MR) is 95.2 cm³/mol. The van der Waals surface area contributed by atoms with Crippen LogP contribution in [0.5, 0.6) is 11.6 Å². The summed E-state index contributed by atoms with van der Waals surface area (Å²) >= 11 is 0. The van der Waals surface area contributed by atoms with Crippen LogP contribution < -0.4 is 21.3 Å². The molecule has 0 unspecified atom stereocenters. The van der Waals surface area contributed by atoms with Crippen molar-refractivity contribution in [3.05, 3.63) is 72.1 Å².